The SMILES string of the molecule is COc1ccc(SCCC(=O)N2CCCC(C(=O)NCCN)C2)cc1. The molecule has 1 aliphatic heterocycles. The summed E-state index contributed by atoms with van der Waals surface area (Å²) in [4.78, 5) is 27.4. The molecule has 0 saturated carbocycles. The summed E-state index contributed by atoms with van der Waals surface area (Å²) in [5.41, 5.74) is 5.41. The Hall–Kier alpha value is -1.73. The molecule has 1 aliphatic rings. The third-order valence-electron chi connectivity index (χ3n) is 4.23. The van der Waals surface area contributed by atoms with Crippen molar-refractivity contribution in [1.29, 1.82) is 0 Å². The van der Waals surface area contributed by atoms with Gasteiger partial charge in [-0.15, -0.1) is 11.8 Å². The average molecular weight is 365 g/mol. The highest BCUT2D eigenvalue weighted by atomic mass is 32.2. The van der Waals surface area contributed by atoms with Gasteiger partial charge in [-0.2, -0.15) is 0 Å². The molecule has 0 radical (unpaired) electrons. The molecule has 0 aliphatic carbocycles. The molecule has 25 heavy (non-hydrogen) atoms. The van der Waals surface area contributed by atoms with Crippen molar-refractivity contribution in [3.8, 4) is 5.75 Å². The van der Waals surface area contributed by atoms with Crippen LogP contribution in [-0.2, 0) is 9.59 Å². The van der Waals surface area contributed by atoms with E-state index < -0.39 is 0 Å². The first-order chi connectivity index (χ1) is 12.1. The molecule has 0 bridgehead atoms. The molecule has 1 fully saturated rings. The van der Waals surface area contributed by atoms with Crippen LogP contribution in [0.15, 0.2) is 29.2 Å². The first-order valence-electron chi connectivity index (χ1n) is 8.66. The van der Waals surface area contributed by atoms with E-state index in [1.54, 1.807) is 18.9 Å². The lowest BCUT2D eigenvalue weighted by molar-refractivity contribution is -0.135. The molecule has 1 heterocycles. The molecule has 3 N–H and O–H groups in total. The highest BCUT2D eigenvalue weighted by Gasteiger charge is 2.27. The van der Waals surface area contributed by atoms with E-state index in [4.69, 9.17) is 10.5 Å². The van der Waals surface area contributed by atoms with Gasteiger partial charge in [-0.1, -0.05) is 0 Å². The Labute approximate surface area is 153 Å². The zero-order chi connectivity index (χ0) is 18.1. The van der Waals surface area contributed by atoms with Gasteiger partial charge < -0.3 is 20.7 Å². The van der Waals surface area contributed by atoms with Crippen molar-refractivity contribution < 1.29 is 14.3 Å². The minimum atomic E-state index is -0.113. The predicted octanol–water partition coefficient (Wildman–Crippen LogP) is 1.49. The summed E-state index contributed by atoms with van der Waals surface area (Å²) in [5.74, 6) is 1.57. The molecule has 7 heteroatoms. The van der Waals surface area contributed by atoms with Crippen molar-refractivity contribution in [1.82, 2.24) is 10.2 Å². The molecular weight excluding hydrogens is 338 g/mol. The topological polar surface area (TPSA) is 84.7 Å². The van der Waals surface area contributed by atoms with Crippen LogP contribution in [0.1, 0.15) is 19.3 Å². The Morgan fingerprint density at radius 3 is 2.80 bits per heavy atom. The molecular formula is C18H27N3O3S. The van der Waals surface area contributed by atoms with E-state index in [-0.39, 0.29) is 17.7 Å². The van der Waals surface area contributed by atoms with Crippen LogP contribution in [0.3, 0.4) is 0 Å². The highest BCUT2D eigenvalue weighted by Crippen LogP contribution is 2.23. The van der Waals surface area contributed by atoms with Crippen LogP contribution in [0.2, 0.25) is 0 Å². The van der Waals surface area contributed by atoms with Crippen molar-refractivity contribution in [2.45, 2.75) is 24.2 Å². The summed E-state index contributed by atoms with van der Waals surface area (Å²) in [6.45, 7) is 2.18. The third-order valence-corrected chi connectivity index (χ3v) is 5.25. The van der Waals surface area contributed by atoms with E-state index in [1.807, 2.05) is 29.2 Å². The molecule has 0 spiro atoms. The maximum atomic E-state index is 12.4. The van der Waals surface area contributed by atoms with Gasteiger partial charge in [0.15, 0.2) is 0 Å². The number of nitrogens with two attached hydrogens (primary N) is 1. The molecule has 1 saturated heterocycles. The van der Waals surface area contributed by atoms with Crippen molar-refractivity contribution >= 4 is 23.6 Å². The molecule has 6 nitrogen and oxygen atoms in total. The Morgan fingerprint density at radius 2 is 2.12 bits per heavy atom. The number of likely N-dealkylation sites (tertiary alicyclic amines) is 1. The number of piperidine rings is 1. The van der Waals surface area contributed by atoms with Crippen molar-refractivity contribution in [2.75, 3.05) is 39.0 Å². The number of nitrogens with zero attached hydrogens (tertiary/aromatic N) is 1. The summed E-state index contributed by atoms with van der Waals surface area (Å²) >= 11 is 1.65. The molecule has 2 rings (SSSR count). The lowest BCUT2D eigenvalue weighted by Gasteiger charge is -2.32. The molecule has 1 aromatic rings. The first kappa shape index (κ1) is 19.6. The van der Waals surface area contributed by atoms with Crippen LogP contribution >= 0.6 is 11.8 Å². The second kappa shape index (κ2) is 10.3. The molecule has 138 valence electrons. The fourth-order valence-corrected chi connectivity index (χ4v) is 3.68. The summed E-state index contributed by atoms with van der Waals surface area (Å²) < 4.78 is 5.14. The van der Waals surface area contributed by atoms with Crippen molar-refractivity contribution in [3.05, 3.63) is 24.3 Å². The standard InChI is InChI=1S/C18H27N3O3S/c1-24-15-4-6-16(7-5-15)25-12-8-17(22)21-11-2-3-14(13-21)18(23)20-10-9-19/h4-7,14H,2-3,8-13,19H2,1H3,(H,20,23). The van der Waals surface area contributed by atoms with Crippen LogP contribution in [-0.4, -0.2) is 55.8 Å². The number of benzene rings is 1. The Kier molecular flexibility index (Phi) is 8.08. The van der Waals surface area contributed by atoms with Gasteiger partial charge in [-0.3, -0.25) is 9.59 Å². The lowest BCUT2D eigenvalue weighted by atomic mass is 9.97. The monoisotopic (exact) mass is 365 g/mol. The molecule has 0 aromatic heterocycles. The maximum Gasteiger partial charge on any atom is 0.224 e. The average Bonchev–Trinajstić information content (AvgIpc) is 2.66. The zero-order valence-electron chi connectivity index (χ0n) is 14.7. The molecule has 1 atom stereocenters. The number of ether oxygens (including phenoxy) is 1. The number of amides is 2. The van der Waals surface area contributed by atoms with E-state index in [0.717, 1.165) is 35.8 Å². The lowest BCUT2D eigenvalue weighted by Crippen LogP contribution is -2.46. The van der Waals surface area contributed by atoms with Crippen LogP contribution in [0.4, 0.5) is 0 Å². The number of carbonyl (C=O) groups is 2. The minimum Gasteiger partial charge on any atom is -0.497 e. The second-order valence-electron chi connectivity index (χ2n) is 6.03. The summed E-state index contributed by atoms with van der Waals surface area (Å²) in [6.07, 6.45) is 2.19. The van der Waals surface area contributed by atoms with Gasteiger partial charge in [-0.25, -0.2) is 0 Å². The van der Waals surface area contributed by atoms with E-state index in [2.05, 4.69) is 5.32 Å². The highest BCUT2D eigenvalue weighted by molar-refractivity contribution is 7.99. The van der Waals surface area contributed by atoms with Gasteiger partial charge >= 0.3 is 0 Å². The molecule has 2 amide bonds. The van der Waals surface area contributed by atoms with Crippen molar-refractivity contribution in [2.24, 2.45) is 11.7 Å². The molecule has 1 unspecified atom stereocenters. The van der Waals surface area contributed by atoms with Gasteiger partial charge in [0.1, 0.15) is 5.75 Å². The van der Waals surface area contributed by atoms with Gasteiger partial charge in [0.2, 0.25) is 11.8 Å². The Balaban J connectivity index is 1.74. The van der Waals surface area contributed by atoms with Crippen molar-refractivity contribution in [3.63, 3.8) is 0 Å². The number of nitrogens with one attached hydrogen (secondary N) is 1. The van der Waals surface area contributed by atoms with Gasteiger partial charge in [0, 0.05) is 43.2 Å². The quantitative estimate of drug-likeness (QED) is 0.682. The summed E-state index contributed by atoms with van der Waals surface area (Å²) in [6, 6.07) is 7.82. The third kappa shape index (κ3) is 6.25. The Bertz CT molecular complexity index is 565. The summed E-state index contributed by atoms with van der Waals surface area (Å²) in [7, 11) is 1.64. The van der Waals surface area contributed by atoms with Gasteiger partial charge in [0.05, 0.1) is 13.0 Å². The Morgan fingerprint density at radius 1 is 1.36 bits per heavy atom. The number of methoxy groups -OCH3 is 1. The van der Waals surface area contributed by atoms with E-state index in [0.29, 0.717) is 26.1 Å². The maximum absolute atomic E-state index is 12.4. The van der Waals surface area contributed by atoms with Crippen LogP contribution < -0.4 is 15.8 Å². The van der Waals surface area contributed by atoms with Crippen LogP contribution in [0.25, 0.3) is 0 Å². The number of carbonyl (C=O) groups excluding carboxylic acids is 2. The number of hydrogen-bond acceptors (Lipinski definition) is 5. The number of hydrogen-bond donors (Lipinski definition) is 2. The van der Waals surface area contributed by atoms with E-state index >= 15 is 0 Å². The first-order valence-corrected chi connectivity index (χ1v) is 9.65. The normalized spacial score (nSPS) is 17.2. The van der Waals surface area contributed by atoms with E-state index in [1.165, 1.54) is 0 Å². The van der Waals surface area contributed by atoms with Crippen LogP contribution in [0.5, 0.6) is 5.75 Å². The largest absolute Gasteiger partial charge is 0.497 e. The fraction of sp³-hybridized carbons (Fsp3) is 0.556. The molecule has 1 aromatic carbocycles. The minimum absolute atomic E-state index is 0.00978. The summed E-state index contributed by atoms with van der Waals surface area (Å²) in [5, 5.41) is 2.82. The van der Waals surface area contributed by atoms with Gasteiger partial charge in [0.25, 0.3) is 0 Å². The predicted molar refractivity (Wildman–Crippen MR) is 99.7 cm³/mol. The fourth-order valence-electron chi connectivity index (χ4n) is 2.84. The number of thioether (sulfide) groups is 1. The zero-order valence-corrected chi connectivity index (χ0v) is 15.5. The van der Waals surface area contributed by atoms with Gasteiger partial charge in [-0.05, 0) is 37.1 Å². The van der Waals surface area contributed by atoms with Crippen LogP contribution in [0, 0.1) is 5.92 Å². The second-order valence-corrected chi connectivity index (χ2v) is 7.20. The van der Waals surface area contributed by atoms with E-state index in [9.17, 15) is 9.59 Å². The smallest absolute Gasteiger partial charge is 0.224 e. The number of rotatable bonds is 8.